The van der Waals surface area contributed by atoms with Gasteiger partial charge in [-0.3, -0.25) is 9.69 Å². The maximum atomic E-state index is 13.1. The summed E-state index contributed by atoms with van der Waals surface area (Å²) < 4.78 is 0. The van der Waals surface area contributed by atoms with Gasteiger partial charge in [-0.25, -0.2) is 4.98 Å². The molecule has 0 atom stereocenters. The third-order valence-corrected chi connectivity index (χ3v) is 6.54. The number of rotatable bonds is 4. The first-order valence-corrected chi connectivity index (χ1v) is 10.9. The van der Waals surface area contributed by atoms with Gasteiger partial charge < -0.3 is 9.80 Å². The van der Waals surface area contributed by atoms with Gasteiger partial charge in [-0.05, 0) is 37.9 Å². The first-order chi connectivity index (χ1) is 13.7. The number of thiazole rings is 1. The Morgan fingerprint density at radius 2 is 1.86 bits per heavy atom. The minimum atomic E-state index is 0.218. The predicted molar refractivity (Wildman–Crippen MR) is 117 cm³/mol. The van der Waals surface area contributed by atoms with Crippen molar-refractivity contribution in [1.82, 2.24) is 14.8 Å². The Morgan fingerprint density at radius 3 is 2.64 bits per heavy atom. The predicted octanol–water partition coefficient (Wildman–Crippen LogP) is 3.23. The van der Waals surface area contributed by atoms with E-state index in [2.05, 4.69) is 41.1 Å². The van der Waals surface area contributed by atoms with Crippen LogP contribution in [-0.2, 0) is 11.2 Å². The van der Waals surface area contributed by atoms with Gasteiger partial charge in [0.1, 0.15) is 10.0 Å². The molecule has 1 saturated heterocycles. The van der Waals surface area contributed by atoms with Crippen molar-refractivity contribution in [1.29, 1.82) is 0 Å². The van der Waals surface area contributed by atoms with Gasteiger partial charge in [0.25, 0.3) is 0 Å². The van der Waals surface area contributed by atoms with Crippen molar-refractivity contribution < 1.29 is 4.79 Å². The van der Waals surface area contributed by atoms with Crippen LogP contribution in [0.3, 0.4) is 0 Å². The zero-order valence-corrected chi connectivity index (χ0v) is 17.3. The van der Waals surface area contributed by atoms with Gasteiger partial charge in [-0.1, -0.05) is 47.7 Å². The van der Waals surface area contributed by atoms with Crippen LogP contribution >= 0.6 is 11.3 Å². The fourth-order valence-corrected chi connectivity index (χ4v) is 4.78. The lowest BCUT2D eigenvalue weighted by atomic mass is 10.2. The minimum Gasteiger partial charge on any atom is -0.304 e. The molecule has 1 aromatic heterocycles. The lowest BCUT2D eigenvalue weighted by molar-refractivity contribution is -0.120. The molecule has 0 saturated carbocycles. The molecule has 0 unspecified atom stereocenters. The first kappa shape index (κ1) is 19.3. The fraction of sp³-hybridized carbons (Fsp3) is 0.455. The van der Waals surface area contributed by atoms with Crippen LogP contribution in [0.25, 0.3) is 12.2 Å². The molecule has 0 bridgehead atoms. The van der Waals surface area contributed by atoms with E-state index in [0.717, 1.165) is 73.3 Å². The summed E-state index contributed by atoms with van der Waals surface area (Å²) in [5.41, 5.74) is 2.25. The molecule has 2 aliphatic heterocycles. The quantitative estimate of drug-likeness (QED) is 0.796. The Bertz CT molecular complexity index is 824. The summed E-state index contributed by atoms with van der Waals surface area (Å²) in [7, 11) is 2.14. The van der Waals surface area contributed by atoms with E-state index in [9.17, 15) is 4.79 Å². The molecule has 1 amide bonds. The maximum absolute atomic E-state index is 13.1. The molecule has 1 aromatic carbocycles. The molecule has 5 nitrogen and oxygen atoms in total. The second-order valence-electron chi connectivity index (χ2n) is 7.63. The molecule has 2 aromatic rings. The fourth-order valence-electron chi connectivity index (χ4n) is 3.72. The van der Waals surface area contributed by atoms with Crippen molar-refractivity contribution in [2.24, 2.45) is 0 Å². The van der Waals surface area contributed by atoms with E-state index in [1.165, 1.54) is 0 Å². The highest BCUT2D eigenvalue weighted by Crippen LogP contribution is 2.33. The Hall–Kier alpha value is -2.02. The molecule has 0 aliphatic carbocycles. The summed E-state index contributed by atoms with van der Waals surface area (Å²) in [5, 5.41) is 2.04. The molecule has 28 heavy (non-hydrogen) atoms. The van der Waals surface area contributed by atoms with Gasteiger partial charge in [0.15, 0.2) is 0 Å². The number of fused-ring (bicyclic) bond motifs is 1. The van der Waals surface area contributed by atoms with E-state index in [-0.39, 0.29) is 5.91 Å². The number of aryl methyl sites for hydroxylation is 1. The summed E-state index contributed by atoms with van der Waals surface area (Å²) >= 11 is 1.65. The number of carbonyl (C=O) groups is 1. The van der Waals surface area contributed by atoms with Crippen molar-refractivity contribution >= 4 is 34.4 Å². The molecule has 148 valence electrons. The van der Waals surface area contributed by atoms with Crippen LogP contribution in [0, 0.1) is 0 Å². The van der Waals surface area contributed by atoms with Crippen molar-refractivity contribution in [3.8, 4) is 0 Å². The molecule has 2 aliphatic rings. The molecule has 4 rings (SSSR count). The Labute approximate surface area is 171 Å². The van der Waals surface area contributed by atoms with Crippen LogP contribution in [0.4, 0.5) is 5.00 Å². The van der Waals surface area contributed by atoms with Gasteiger partial charge in [0, 0.05) is 32.7 Å². The number of nitrogens with zero attached hydrogens (tertiary/aromatic N) is 4. The van der Waals surface area contributed by atoms with E-state index in [0.29, 0.717) is 6.54 Å². The van der Waals surface area contributed by atoms with E-state index < -0.39 is 0 Å². The highest BCUT2D eigenvalue weighted by atomic mass is 32.1. The third kappa shape index (κ3) is 4.69. The van der Waals surface area contributed by atoms with Crippen molar-refractivity contribution in [3.63, 3.8) is 0 Å². The number of anilines is 1. The van der Waals surface area contributed by atoms with E-state index in [1.54, 1.807) is 11.3 Å². The van der Waals surface area contributed by atoms with Crippen LogP contribution in [0.5, 0.6) is 0 Å². The highest BCUT2D eigenvalue weighted by molar-refractivity contribution is 7.17. The summed E-state index contributed by atoms with van der Waals surface area (Å²) in [6, 6.07) is 10.3. The van der Waals surface area contributed by atoms with Crippen molar-refractivity contribution in [3.05, 3.63) is 46.6 Å². The minimum absolute atomic E-state index is 0.218. The third-order valence-electron chi connectivity index (χ3n) is 5.46. The SMILES string of the molecule is CN1CCN(CC(=O)N2CCCCc3nc(C=Cc4ccccc4)sc32)CC1. The zero-order valence-electron chi connectivity index (χ0n) is 16.5. The largest absolute Gasteiger partial charge is 0.304 e. The van der Waals surface area contributed by atoms with Crippen molar-refractivity contribution in [2.45, 2.75) is 19.3 Å². The zero-order chi connectivity index (χ0) is 19.3. The molecule has 1 fully saturated rings. The maximum Gasteiger partial charge on any atom is 0.241 e. The lowest BCUT2D eigenvalue weighted by Gasteiger charge is -2.33. The normalized spacial score (nSPS) is 19.0. The number of likely N-dealkylation sites (N-methyl/N-ethyl adjacent to an activating group) is 1. The summed E-state index contributed by atoms with van der Waals surface area (Å²) in [5.74, 6) is 0.218. The van der Waals surface area contributed by atoms with Gasteiger partial charge in [0.2, 0.25) is 5.91 Å². The number of hydrogen-bond donors (Lipinski definition) is 0. The number of amides is 1. The average Bonchev–Trinajstić information content (AvgIpc) is 3.01. The van der Waals surface area contributed by atoms with E-state index in [4.69, 9.17) is 4.98 Å². The molecule has 6 heteroatoms. The first-order valence-electron chi connectivity index (χ1n) is 10.1. The summed E-state index contributed by atoms with van der Waals surface area (Å²) in [6.45, 7) is 5.33. The molecular formula is C22H28N4OS. The number of piperazine rings is 1. The topological polar surface area (TPSA) is 39.7 Å². The standard InChI is InChI=1S/C22H28N4OS/c1-24-13-15-25(16-14-24)17-21(27)26-12-6-5-9-19-22(26)28-20(23-19)11-10-18-7-3-2-4-8-18/h2-4,7-8,10-11H,5-6,9,12-17H2,1H3. The number of aromatic nitrogens is 1. The molecule has 0 N–H and O–H groups in total. The molecule has 0 spiro atoms. The van der Waals surface area contributed by atoms with E-state index >= 15 is 0 Å². The van der Waals surface area contributed by atoms with Gasteiger partial charge >= 0.3 is 0 Å². The van der Waals surface area contributed by atoms with Crippen LogP contribution in [0.15, 0.2) is 30.3 Å². The van der Waals surface area contributed by atoms with Crippen LogP contribution < -0.4 is 4.90 Å². The van der Waals surface area contributed by atoms with E-state index in [1.807, 2.05) is 23.1 Å². The number of carbonyl (C=O) groups excluding carboxylic acids is 1. The van der Waals surface area contributed by atoms with Gasteiger partial charge in [0.05, 0.1) is 12.2 Å². The summed E-state index contributed by atoms with van der Waals surface area (Å²) in [6.07, 6.45) is 7.26. The lowest BCUT2D eigenvalue weighted by Crippen LogP contribution is -2.49. The Kier molecular flexibility index (Phi) is 6.20. The Balaban J connectivity index is 1.48. The van der Waals surface area contributed by atoms with Gasteiger partial charge in [-0.2, -0.15) is 0 Å². The van der Waals surface area contributed by atoms with Crippen LogP contribution in [0.1, 0.15) is 29.1 Å². The monoisotopic (exact) mass is 396 g/mol. The van der Waals surface area contributed by atoms with Crippen LogP contribution in [0.2, 0.25) is 0 Å². The van der Waals surface area contributed by atoms with Crippen molar-refractivity contribution in [2.75, 3.05) is 51.2 Å². The smallest absolute Gasteiger partial charge is 0.241 e. The Morgan fingerprint density at radius 1 is 1.07 bits per heavy atom. The second kappa shape index (κ2) is 8.99. The average molecular weight is 397 g/mol. The number of hydrogen-bond acceptors (Lipinski definition) is 5. The second-order valence-corrected chi connectivity index (χ2v) is 8.64. The molecule has 0 radical (unpaired) electrons. The highest BCUT2D eigenvalue weighted by Gasteiger charge is 2.26. The number of benzene rings is 1. The van der Waals surface area contributed by atoms with Gasteiger partial charge in [-0.15, -0.1) is 0 Å². The molecular weight excluding hydrogens is 368 g/mol. The molecule has 3 heterocycles. The van der Waals surface area contributed by atoms with Crippen LogP contribution in [-0.4, -0.2) is 67.0 Å². The summed E-state index contributed by atoms with van der Waals surface area (Å²) in [4.78, 5) is 24.5.